The Kier molecular flexibility index (Phi) is 4.12. The number of alkyl halides is 1. The quantitative estimate of drug-likeness (QED) is 0.655. The molecule has 0 bridgehead atoms. The van der Waals surface area contributed by atoms with Crippen LogP contribution in [-0.4, -0.2) is 18.6 Å². The molecule has 0 amide bonds. The highest BCUT2D eigenvalue weighted by Gasteiger charge is 2.30. The Bertz CT molecular complexity index is 166. The minimum absolute atomic E-state index is 0.482. The van der Waals surface area contributed by atoms with Gasteiger partial charge in [-0.2, -0.15) is 0 Å². The van der Waals surface area contributed by atoms with E-state index >= 15 is 0 Å². The molecule has 1 saturated carbocycles. The Morgan fingerprint density at radius 1 is 1.07 bits per heavy atom. The van der Waals surface area contributed by atoms with Crippen LogP contribution in [0.5, 0.6) is 0 Å². The molecule has 1 aliphatic carbocycles. The number of halogens is 1. The average Bonchev–Trinajstić information content (AvgIpc) is 2.67. The molecule has 2 unspecified atom stereocenters. The summed E-state index contributed by atoms with van der Waals surface area (Å²) in [5, 5.41) is 0. The van der Waals surface area contributed by atoms with Crippen LogP contribution in [0.25, 0.3) is 0 Å². The van der Waals surface area contributed by atoms with Crippen LogP contribution < -0.4 is 0 Å². The molecule has 0 aromatic carbocycles. The van der Waals surface area contributed by atoms with Crippen LogP contribution in [0.3, 0.4) is 0 Å². The molecule has 82 valence electrons. The van der Waals surface area contributed by atoms with Gasteiger partial charge in [-0.05, 0) is 18.8 Å². The molecule has 2 fully saturated rings. The molecular formula is C12H21ClO. The Balaban J connectivity index is 1.77. The maximum absolute atomic E-state index is 5.94. The van der Waals surface area contributed by atoms with Gasteiger partial charge in [0, 0.05) is 18.4 Å². The first kappa shape index (κ1) is 10.8. The topological polar surface area (TPSA) is 9.23 Å². The van der Waals surface area contributed by atoms with Gasteiger partial charge in [-0.3, -0.25) is 0 Å². The first-order valence-corrected chi connectivity index (χ1v) is 6.61. The summed E-state index contributed by atoms with van der Waals surface area (Å²) in [5.41, 5.74) is 0. The monoisotopic (exact) mass is 216 g/mol. The van der Waals surface area contributed by atoms with Gasteiger partial charge >= 0.3 is 0 Å². The van der Waals surface area contributed by atoms with E-state index in [0.29, 0.717) is 12.0 Å². The highest BCUT2D eigenvalue weighted by molar-refractivity contribution is 6.18. The second kappa shape index (κ2) is 5.37. The van der Waals surface area contributed by atoms with Crippen molar-refractivity contribution < 1.29 is 4.74 Å². The molecule has 0 N–H and O–H groups in total. The molecule has 0 spiro atoms. The van der Waals surface area contributed by atoms with Gasteiger partial charge in [-0.25, -0.2) is 0 Å². The Labute approximate surface area is 92.2 Å². The van der Waals surface area contributed by atoms with Crippen LogP contribution >= 0.6 is 11.6 Å². The van der Waals surface area contributed by atoms with Gasteiger partial charge in [-0.15, -0.1) is 11.6 Å². The number of hydrogen-bond donors (Lipinski definition) is 0. The largest absolute Gasteiger partial charge is 0.378 e. The molecule has 2 atom stereocenters. The molecular weight excluding hydrogens is 196 g/mol. The summed E-state index contributed by atoms with van der Waals surface area (Å²) in [6, 6.07) is 0. The minimum atomic E-state index is 0.482. The van der Waals surface area contributed by atoms with Crippen molar-refractivity contribution in [1.29, 1.82) is 0 Å². The normalized spacial score (nSPS) is 34.9. The summed E-state index contributed by atoms with van der Waals surface area (Å²) >= 11 is 5.94. The van der Waals surface area contributed by atoms with Gasteiger partial charge in [0.1, 0.15) is 0 Å². The van der Waals surface area contributed by atoms with Gasteiger partial charge in [0.2, 0.25) is 0 Å². The zero-order chi connectivity index (χ0) is 9.80. The van der Waals surface area contributed by atoms with Crippen LogP contribution in [0, 0.1) is 11.8 Å². The third kappa shape index (κ3) is 2.64. The molecule has 0 radical (unpaired) electrons. The fourth-order valence-electron chi connectivity index (χ4n) is 2.88. The molecule has 14 heavy (non-hydrogen) atoms. The average molecular weight is 217 g/mol. The molecule has 1 heterocycles. The van der Waals surface area contributed by atoms with Crippen LogP contribution in [0.2, 0.25) is 0 Å². The fourth-order valence-corrected chi connectivity index (χ4v) is 3.23. The predicted octanol–water partition coefficient (Wildman–Crippen LogP) is 3.60. The van der Waals surface area contributed by atoms with E-state index in [0.717, 1.165) is 18.4 Å². The lowest BCUT2D eigenvalue weighted by atomic mass is 9.83. The van der Waals surface area contributed by atoms with Crippen molar-refractivity contribution in [2.45, 2.75) is 51.0 Å². The second-order valence-electron chi connectivity index (χ2n) is 4.85. The van der Waals surface area contributed by atoms with E-state index in [9.17, 15) is 0 Å². The van der Waals surface area contributed by atoms with Crippen molar-refractivity contribution in [3.8, 4) is 0 Å². The zero-order valence-electron chi connectivity index (χ0n) is 8.88. The first-order valence-electron chi connectivity index (χ1n) is 6.07. The van der Waals surface area contributed by atoms with Crippen LogP contribution in [0.15, 0.2) is 0 Å². The third-order valence-electron chi connectivity index (χ3n) is 3.83. The van der Waals surface area contributed by atoms with Gasteiger partial charge in [0.25, 0.3) is 0 Å². The van der Waals surface area contributed by atoms with E-state index in [4.69, 9.17) is 16.3 Å². The van der Waals surface area contributed by atoms with Crippen molar-refractivity contribution in [2.75, 3.05) is 12.5 Å². The molecule has 0 aromatic heterocycles. The zero-order valence-corrected chi connectivity index (χ0v) is 9.64. The van der Waals surface area contributed by atoms with Crippen LogP contribution in [0.4, 0.5) is 0 Å². The van der Waals surface area contributed by atoms with Gasteiger partial charge < -0.3 is 4.74 Å². The van der Waals surface area contributed by atoms with Crippen molar-refractivity contribution in [3.05, 3.63) is 0 Å². The lowest BCUT2D eigenvalue weighted by Crippen LogP contribution is -2.22. The predicted molar refractivity (Wildman–Crippen MR) is 59.8 cm³/mol. The Morgan fingerprint density at radius 2 is 1.86 bits per heavy atom. The molecule has 2 aliphatic rings. The maximum atomic E-state index is 5.94. The number of ether oxygens (including phenoxy) is 1. The molecule has 2 rings (SSSR count). The van der Waals surface area contributed by atoms with E-state index in [-0.39, 0.29) is 0 Å². The van der Waals surface area contributed by atoms with Crippen molar-refractivity contribution >= 4 is 11.6 Å². The second-order valence-corrected chi connectivity index (χ2v) is 5.16. The van der Waals surface area contributed by atoms with Crippen LogP contribution in [0.1, 0.15) is 44.9 Å². The summed E-state index contributed by atoms with van der Waals surface area (Å²) in [5.74, 6) is 2.35. The van der Waals surface area contributed by atoms with Crippen LogP contribution in [-0.2, 0) is 4.74 Å². The Hall–Kier alpha value is 0.250. The van der Waals surface area contributed by atoms with Crippen molar-refractivity contribution in [2.24, 2.45) is 11.8 Å². The highest BCUT2D eigenvalue weighted by atomic mass is 35.5. The lowest BCUT2D eigenvalue weighted by Gasteiger charge is -2.26. The summed E-state index contributed by atoms with van der Waals surface area (Å²) in [7, 11) is 0. The van der Waals surface area contributed by atoms with Crippen molar-refractivity contribution in [3.63, 3.8) is 0 Å². The SMILES string of the molecule is ClCC1CCOC1CC1CCCCC1. The molecule has 1 saturated heterocycles. The summed E-state index contributed by atoms with van der Waals surface area (Å²) in [4.78, 5) is 0. The van der Waals surface area contributed by atoms with Gasteiger partial charge in [-0.1, -0.05) is 32.1 Å². The van der Waals surface area contributed by atoms with Gasteiger partial charge in [0.15, 0.2) is 0 Å². The summed E-state index contributed by atoms with van der Waals surface area (Å²) in [6.07, 6.45) is 10.1. The minimum Gasteiger partial charge on any atom is -0.378 e. The number of hydrogen-bond acceptors (Lipinski definition) is 1. The standard InChI is InChI=1S/C12H21ClO/c13-9-11-6-7-14-12(11)8-10-4-2-1-3-5-10/h10-12H,1-9H2. The fraction of sp³-hybridized carbons (Fsp3) is 1.00. The van der Waals surface area contributed by atoms with E-state index < -0.39 is 0 Å². The van der Waals surface area contributed by atoms with E-state index in [1.54, 1.807) is 0 Å². The van der Waals surface area contributed by atoms with E-state index in [2.05, 4.69) is 0 Å². The molecule has 1 aliphatic heterocycles. The smallest absolute Gasteiger partial charge is 0.0618 e. The van der Waals surface area contributed by atoms with Crippen molar-refractivity contribution in [1.82, 2.24) is 0 Å². The lowest BCUT2D eigenvalue weighted by molar-refractivity contribution is 0.0671. The summed E-state index contributed by atoms with van der Waals surface area (Å²) < 4.78 is 5.77. The van der Waals surface area contributed by atoms with Gasteiger partial charge in [0.05, 0.1) is 6.10 Å². The number of rotatable bonds is 3. The molecule has 1 nitrogen and oxygen atoms in total. The third-order valence-corrected chi connectivity index (χ3v) is 4.23. The summed E-state index contributed by atoms with van der Waals surface area (Å²) in [6.45, 7) is 0.939. The van der Waals surface area contributed by atoms with E-state index in [1.807, 2.05) is 0 Å². The van der Waals surface area contributed by atoms with E-state index in [1.165, 1.54) is 44.9 Å². The first-order chi connectivity index (χ1) is 6.90. The Morgan fingerprint density at radius 3 is 2.57 bits per heavy atom. The molecule has 0 aromatic rings. The maximum Gasteiger partial charge on any atom is 0.0618 e. The molecule has 2 heteroatoms. The highest BCUT2D eigenvalue weighted by Crippen LogP contribution is 2.33.